The summed E-state index contributed by atoms with van der Waals surface area (Å²) in [5.74, 6) is -0.301. The highest BCUT2D eigenvalue weighted by Gasteiger charge is 2.04. The zero-order chi connectivity index (χ0) is 11.8. The second kappa shape index (κ2) is 6.87. The summed E-state index contributed by atoms with van der Waals surface area (Å²) < 4.78 is 4.58. The van der Waals surface area contributed by atoms with Crippen molar-refractivity contribution in [1.82, 2.24) is 0 Å². The number of hydrogen-bond donors (Lipinski definition) is 0. The van der Waals surface area contributed by atoms with E-state index in [1.165, 1.54) is 7.11 Å². The fourth-order valence-electron chi connectivity index (χ4n) is 1.01. The first-order valence-electron chi connectivity index (χ1n) is 5.01. The van der Waals surface area contributed by atoms with Gasteiger partial charge in [-0.1, -0.05) is 13.8 Å². The standard InChI is InChI=1S/C10H13NO2.C2H6/c1-11(2)9-6-4-8(5-7-9)10(12)13-3;1-2/h4-7H,1-3H3;1-2H3. The zero-order valence-corrected chi connectivity index (χ0v) is 10.1. The molecule has 3 nitrogen and oxygen atoms in total. The Labute approximate surface area is 91.7 Å². The van der Waals surface area contributed by atoms with Gasteiger partial charge >= 0.3 is 5.97 Å². The smallest absolute Gasteiger partial charge is 0.337 e. The fraction of sp³-hybridized carbons (Fsp3) is 0.417. The van der Waals surface area contributed by atoms with Crippen molar-refractivity contribution < 1.29 is 9.53 Å². The van der Waals surface area contributed by atoms with Crippen molar-refractivity contribution in [3.63, 3.8) is 0 Å². The van der Waals surface area contributed by atoms with E-state index in [1.807, 2.05) is 45.0 Å². The third-order valence-electron chi connectivity index (χ3n) is 1.80. The van der Waals surface area contributed by atoms with Crippen LogP contribution >= 0.6 is 0 Å². The molecule has 0 heterocycles. The molecule has 0 radical (unpaired) electrons. The van der Waals surface area contributed by atoms with Crippen LogP contribution in [0, 0.1) is 0 Å². The number of methoxy groups -OCH3 is 1. The molecule has 0 aliphatic rings. The lowest BCUT2D eigenvalue weighted by Gasteiger charge is -2.11. The first kappa shape index (κ1) is 13.5. The lowest BCUT2D eigenvalue weighted by molar-refractivity contribution is 0.0601. The van der Waals surface area contributed by atoms with Gasteiger partial charge in [0.2, 0.25) is 0 Å². The van der Waals surface area contributed by atoms with Gasteiger partial charge in [0, 0.05) is 19.8 Å². The molecular weight excluding hydrogens is 190 g/mol. The van der Waals surface area contributed by atoms with Crippen LogP contribution in [0.5, 0.6) is 0 Å². The molecule has 0 spiro atoms. The van der Waals surface area contributed by atoms with Crippen molar-refractivity contribution in [3.8, 4) is 0 Å². The van der Waals surface area contributed by atoms with Crippen LogP contribution in [0.25, 0.3) is 0 Å². The average Bonchev–Trinajstić information content (AvgIpc) is 2.31. The van der Waals surface area contributed by atoms with Gasteiger partial charge in [0.1, 0.15) is 0 Å². The molecule has 0 unspecified atom stereocenters. The van der Waals surface area contributed by atoms with Gasteiger partial charge in [-0.25, -0.2) is 4.79 Å². The molecule has 0 aliphatic heterocycles. The topological polar surface area (TPSA) is 29.5 Å². The molecule has 0 aromatic heterocycles. The summed E-state index contributed by atoms with van der Waals surface area (Å²) in [6, 6.07) is 7.26. The van der Waals surface area contributed by atoms with E-state index in [-0.39, 0.29) is 5.97 Å². The first-order valence-corrected chi connectivity index (χ1v) is 5.01. The van der Waals surface area contributed by atoms with Crippen molar-refractivity contribution in [2.45, 2.75) is 13.8 Å². The van der Waals surface area contributed by atoms with Crippen molar-refractivity contribution >= 4 is 11.7 Å². The van der Waals surface area contributed by atoms with Crippen molar-refractivity contribution in [2.24, 2.45) is 0 Å². The van der Waals surface area contributed by atoms with Crippen LogP contribution < -0.4 is 4.90 Å². The number of esters is 1. The summed E-state index contributed by atoms with van der Waals surface area (Å²) in [4.78, 5) is 13.0. The number of ether oxygens (including phenoxy) is 1. The van der Waals surface area contributed by atoms with Crippen LogP contribution in [0.15, 0.2) is 24.3 Å². The number of rotatable bonds is 2. The summed E-state index contributed by atoms with van der Waals surface area (Å²) in [5.41, 5.74) is 1.64. The maximum absolute atomic E-state index is 11.1. The Morgan fingerprint density at radius 1 is 1.13 bits per heavy atom. The average molecular weight is 209 g/mol. The summed E-state index contributed by atoms with van der Waals surface area (Å²) in [6.07, 6.45) is 0. The molecule has 1 aromatic carbocycles. The summed E-state index contributed by atoms with van der Waals surface area (Å²) >= 11 is 0. The van der Waals surface area contributed by atoms with E-state index >= 15 is 0 Å². The van der Waals surface area contributed by atoms with Crippen LogP contribution in [0.2, 0.25) is 0 Å². The molecule has 1 aromatic rings. The SMILES string of the molecule is CC.COC(=O)c1ccc(N(C)C)cc1. The molecule has 0 atom stereocenters. The maximum atomic E-state index is 11.1. The molecule has 0 aliphatic carbocycles. The minimum atomic E-state index is -0.301. The maximum Gasteiger partial charge on any atom is 0.337 e. The highest BCUT2D eigenvalue weighted by Crippen LogP contribution is 2.12. The molecule has 0 saturated heterocycles. The predicted octanol–water partition coefficient (Wildman–Crippen LogP) is 2.57. The third-order valence-corrected chi connectivity index (χ3v) is 1.80. The van der Waals surface area contributed by atoms with Crippen LogP contribution in [-0.4, -0.2) is 27.2 Å². The lowest BCUT2D eigenvalue weighted by Crippen LogP contribution is -2.09. The molecular formula is C12H19NO2. The largest absolute Gasteiger partial charge is 0.465 e. The number of carbonyl (C=O) groups is 1. The van der Waals surface area contributed by atoms with E-state index in [0.717, 1.165) is 5.69 Å². The second-order valence-electron chi connectivity index (χ2n) is 2.93. The second-order valence-corrected chi connectivity index (χ2v) is 2.93. The minimum Gasteiger partial charge on any atom is -0.465 e. The zero-order valence-electron chi connectivity index (χ0n) is 10.1. The molecule has 0 saturated carbocycles. The van der Waals surface area contributed by atoms with E-state index in [1.54, 1.807) is 12.1 Å². The van der Waals surface area contributed by atoms with E-state index in [0.29, 0.717) is 5.56 Å². The van der Waals surface area contributed by atoms with Gasteiger partial charge in [0.25, 0.3) is 0 Å². The number of benzene rings is 1. The quantitative estimate of drug-likeness (QED) is 0.701. The highest BCUT2D eigenvalue weighted by atomic mass is 16.5. The van der Waals surface area contributed by atoms with Crippen LogP contribution in [-0.2, 0) is 4.74 Å². The molecule has 84 valence electrons. The molecule has 0 amide bonds. The number of anilines is 1. The van der Waals surface area contributed by atoms with Crippen molar-refractivity contribution in [2.75, 3.05) is 26.1 Å². The monoisotopic (exact) mass is 209 g/mol. The molecule has 1 rings (SSSR count). The Morgan fingerprint density at radius 3 is 1.93 bits per heavy atom. The number of nitrogens with zero attached hydrogens (tertiary/aromatic N) is 1. The Bertz CT molecular complexity index is 291. The van der Waals surface area contributed by atoms with Crippen molar-refractivity contribution in [1.29, 1.82) is 0 Å². The van der Waals surface area contributed by atoms with E-state index < -0.39 is 0 Å². The summed E-state index contributed by atoms with van der Waals surface area (Å²) in [5, 5.41) is 0. The van der Waals surface area contributed by atoms with Crippen LogP contribution in [0.3, 0.4) is 0 Å². The number of carbonyl (C=O) groups excluding carboxylic acids is 1. The normalized spacial score (nSPS) is 8.60. The van der Waals surface area contributed by atoms with Gasteiger partial charge in [0.15, 0.2) is 0 Å². The third kappa shape index (κ3) is 4.02. The predicted molar refractivity (Wildman–Crippen MR) is 63.5 cm³/mol. The number of hydrogen-bond acceptors (Lipinski definition) is 3. The Balaban J connectivity index is 0.000000921. The van der Waals surface area contributed by atoms with Gasteiger partial charge in [-0.15, -0.1) is 0 Å². The molecule has 0 bridgehead atoms. The molecule has 15 heavy (non-hydrogen) atoms. The van der Waals surface area contributed by atoms with Gasteiger partial charge in [-0.2, -0.15) is 0 Å². The fourth-order valence-corrected chi connectivity index (χ4v) is 1.01. The van der Waals surface area contributed by atoms with E-state index in [9.17, 15) is 4.79 Å². The molecule has 3 heteroatoms. The van der Waals surface area contributed by atoms with Gasteiger partial charge in [-0.05, 0) is 24.3 Å². The Kier molecular flexibility index (Phi) is 6.18. The highest BCUT2D eigenvalue weighted by molar-refractivity contribution is 5.89. The Morgan fingerprint density at radius 2 is 1.60 bits per heavy atom. The summed E-state index contributed by atoms with van der Waals surface area (Å²) in [6.45, 7) is 4.00. The van der Waals surface area contributed by atoms with Gasteiger partial charge < -0.3 is 9.64 Å². The molecule has 0 fully saturated rings. The minimum absolute atomic E-state index is 0.301. The van der Waals surface area contributed by atoms with E-state index in [4.69, 9.17) is 0 Å². The molecule has 0 N–H and O–H groups in total. The van der Waals surface area contributed by atoms with E-state index in [2.05, 4.69) is 4.74 Å². The lowest BCUT2D eigenvalue weighted by atomic mass is 10.2. The van der Waals surface area contributed by atoms with Gasteiger partial charge in [-0.3, -0.25) is 0 Å². The first-order chi connectivity index (χ1) is 7.15. The van der Waals surface area contributed by atoms with Crippen LogP contribution in [0.1, 0.15) is 24.2 Å². The van der Waals surface area contributed by atoms with Crippen molar-refractivity contribution in [3.05, 3.63) is 29.8 Å². The van der Waals surface area contributed by atoms with Gasteiger partial charge in [0.05, 0.1) is 12.7 Å². The summed E-state index contributed by atoms with van der Waals surface area (Å²) in [7, 11) is 5.28. The Hall–Kier alpha value is -1.51. The van der Waals surface area contributed by atoms with Crippen LogP contribution in [0.4, 0.5) is 5.69 Å².